The first-order chi connectivity index (χ1) is 8.54. The summed E-state index contributed by atoms with van der Waals surface area (Å²) in [4.78, 5) is 13.2. The molecule has 0 radical (unpaired) electrons. The van der Waals surface area contributed by atoms with E-state index in [1.807, 2.05) is 17.9 Å². The zero-order chi connectivity index (χ0) is 13.1. The number of rotatable bonds is 4. The molecule has 1 amide bonds. The lowest BCUT2D eigenvalue weighted by molar-refractivity contribution is -0.132. The second-order valence-electron chi connectivity index (χ2n) is 4.96. The molecule has 100 valence electrons. The number of likely N-dealkylation sites (N-methyl/N-ethyl adjacent to an activating group) is 1. The largest absolute Gasteiger partial charge is 0.344 e. The van der Waals surface area contributed by atoms with E-state index in [-0.39, 0.29) is 5.91 Å². The van der Waals surface area contributed by atoms with E-state index < -0.39 is 0 Å². The van der Waals surface area contributed by atoms with Crippen LogP contribution in [0, 0.1) is 0 Å². The maximum atomic E-state index is 11.4. The van der Waals surface area contributed by atoms with Crippen molar-refractivity contribution in [2.45, 2.75) is 38.4 Å². The highest BCUT2D eigenvalue weighted by Gasteiger charge is 2.23. The number of carbonyl (C=O) groups excluding carboxylic acids is 1. The number of amides is 1. The van der Waals surface area contributed by atoms with Gasteiger partial charge >= 0.3 is 0 Å². The predicted octanol–water partition coefficient (Wildman–Crippen LogP) is 1.24. The van der Waals surface area contributed by atoms with Crippen molar-refractivity contribution in [1.29, 1.82) is 0 Å². The molecule has 2 atom stereocenters. The van der Waals surface area contributed by atoms with Crippen LogP contribution in [0.25, 0.3) is 0 Å². The molecule has 2 heterocycles. The number of carbonyl (C=O) groups is 1. The molecule has 6 heteroatoms. The smallest absolute Gasteiger partial charge is 0.222 e. The number of hydrogen-bond acceptors (Lipinski definition) is 3. The van der Waals surface area contributed by atoms with E-state index in [4.69, 9.17) is 0 Å². The lowest BCUT2D eigenvalue weighted by atomic mass is 10.0. The third kappa shape index (κ3) is 3.55. The van der Waals surface area contributed by atoms with Gasteiger partial charge in [0.1, 0.15) is 0 Å². The molecule has 18 heavy (non-hydrogen) atoms. The van der Waals surface area contributed by atoms with Gasteiger partial charge in [0.05, 0.1) is 17.2 Å². The number of nitrogens with one attached hydrogen (secondary N) is 1. The van der Waals surface area contributed by atoms with Crippen LogP contribution < -0.4 is 5.32 Å². The fourth-order valence-corrected chi connectivity index (χ4v) is 2.65. The van der Waals surface area contributed by atoms with Crippen molar-refractivity contribution in [3.05, 3.63) is 16.9 Å². The summed E-state index contributed by atoms with van der Waals surface area (Å²) >= 11 is 3.39. The number of piperidine rings is 1. The zero-order valence-corrected chi connectivity index (χ0v) is 12.4. The molecule has 5 nitrogen and oxygen atoms in total. The van der Waals surface area contributed by atoms with Crippen LogP contribution in [-0.2, 0) is 11.3 Å². The summed E-state index contributed by atoms with van der Waals surface area (Å²) in [7, 11) is 1.87. The molecule has 1 aliphatic rings. The van der Waals surface area contributed by atoms with Crippen LogP contribution in [0.4, 0.5) is 0 Å². The molecule has 1 N–H and O–H groups in total. The Hall–Kier alpha value is -0.880. The van der Waals surface area contributed by atoms with Gasteiger partial charge in [-0.2, -0.15) is 5.10 Å². The summed E-state index contributed by atoms with van der Waals surface area (Å²) in [6.45, 7) is 3.78. The Bertz CT molecular complexity index is 420. The molecule has 0 aliphatic carbocycles. The highest BCUT2D eigenvalue weighted by Crippen LogP contribution is 2.11. The quantitative estimate of drug-likeness (QED) is 0.910. The number of halogens is 1. The first-order valence-corrected chi connectivity index (χ1v) is 7.02. The monoisotopic (exact) mass is 314 g/mol. The minimum atomic E-state index is 0.247. The maximum Gasteiger partial charge on any atom is 0.222 e. The second kappa shape index (κ2) is 5.84. The number of hydrogen-bond donors (Lipinski definition) is 1. The molecule has 0 saturated carbocycles. The average Bonchev–Trinajstić information content (AvgIpc) is 2.69. The fourth-order valence-electron chi connectivity index (χ4n) is 2.32. The lowest BCUT2D eigenvalue weighted by Crippen LogP contribution is -2.50. The van der Waals surface area contributed by atoms with Crippen LogP contribution in [0.1, 0.15) is 19.8 Å². The Morgan fingerprint density at radius 2 is 2.44 bits per heavy atom. The Labute approximate surface area is 116 Å². The summed E-state index contributed by atoms with van der Waals surface area (Å²) in [6.07, 6.45) is 5.33. The van der Waals surface area contributed by atoms with Crippen LogP contribution in [0.3, 0.4) is 0 Å². The van der Waals surface area contributed by atoms with E-state index >= 15 is 0 Å². The molecule has 1 aliphatic heterocycles. The minimum Gasteiger partial charge on any atom is -0.344 e. The molecule has 0 spiro atoms. The molecule has 0 aromatic carbocycles. The summed E-state index contributed by atoms with van der Waals surface area (Å²) in [5, 5.41) is 7.80. The first kappa shape index (κ1) is 13.5. The van der Waals surface area contributed by atoms with E-state index in [9.17, 15) is 4.79 Å². The molecule has 1 fully saturated rings. The van der Waals surface area contributed by atoms with Gasteiger partial charge in [0.15, 0.2) is 0 Å². The van der Waals surface area contributed by atoms with E-state index in [2.05, 4.69) is 33.3 Å². The van der Waals surface area contributed by atoms with Gasteiger partial charge in [0, 0.05) is 38.3 Å². The third-order valence-electron chi connectivity index (χ3n) is 3.21. The average molecular weight is 315 g/mol. The molecule has 1 aromatic rings. The molecule has 0 unspecified atom stereocenters. The van der Waals surface area contributed by atoms with E-state index in [1.165, 1.54) is 0 Å². The van der Waals surface area contributed by atoms with Gasteiger partial charge in [-0.3, -0.25) is 9.48 Å². The molecule has 1 saturated heterocycles. The van der Waals surface area contributed by atoms with Crippen molar-refractivity contribution in [3.63, 3.8) is 0 Å². The Kier molecular flexibility index (Phi) is 4.40. The van der Waals surface area contributed by atoms with Gasteiger partial charge in [-0.25, -0.2) is 0 Å². The van der Waals surface area contributed by atoms with Crippen LogP contribution in [0.2, 0.25) is 0 Å². The Balaban J connectivity index is 1.80. The normalized spacial score (nSPS) is 22.3. The van der Waals surface area contributed by atoms with Crippen molar-refractivity contribution in [1.82, 2.24) is 20.0 Å². The van der Waals surface area contributed by atoms with Crippen molar-refractivity contribution in [3.8, 4) is 0 Å². The first-order valence-electron chi connectivity index (χ1n) is 6.22. The van der Waals surface area contributed by atoms with Gasteiger partial charge in [0.25, 0.3) is 0 Å². The Morgan fingerprint density at radius 3 is 3.06 bits per heavy atom. The highest BCUT2D eigenvalue weighted by atomic mass is 79.9. The van der Waals surface area contributed by atoms with Gasteiger partial charge in [0.2, 0.25) is 5.91 Å². The van der Waals surface area contributed by atoms with Crippen LogP contribution in [-0.4, -0.2) is 46.3 Å². The maximum absolute atomic E-state index is 11.4. The highest BCUT2D eigenvalue weighted by molar-refractivity contribution is 9.10. The summed E-state index contributed by atoms with van der Waals surface area (Å²) in [5.41, 5.74) is 0. The zero-order valence-electron chi connectivity index (χ0n) is 10.8. The lowest BCUT2D eigenvalue weighted by Gasteiger charge is -2.32. The van der Waals surface area contributed by atoms with Crippen LogP contribution in [0.5, 0.6) is 0 Å². The molecular weight excluding hydrogens is 296 g/mol. The summed E-state index contributed by atoms with van der Waals surface area (Å²) in [6, 6.07) is 0.727. The second-order valence-corrected chi connectivity index (χ2v) is 5.87. The van der Waals surface area contributed by atoms with Crippen LogP contribution in [0.15, 0.2) is 16.9 Å². The van der Waals surface area contributed by atoms with E-state index in [0.717, 1.165) is 24.0 Å². The van der Waals surface area contributed by atoms with Gasteiger partial charge in [-0.15, -0.1) is 0 Å². The van der Waals surface area contributed by atoms with E-state index in [1.54, 1.807) is 11.1 Å². The number of nitrogens with zero attached hydrogens (tertiary/aromatic N) is 3. The van der Waals surface area contributed by atoms with Crippen LogP contribution >= 0.6 is 15.9 Å². The number of likely N-dealkylation sites (tertiary alicyclic amines) is 1. The van der Waals surface area contributed by atoms with Crippen molar-refractivity contribution in [2.24, 2.45) is 0 Å². The van der Waals surface area contributed by atoms with Gasteiger partial charge in [-0.1, -0.05) is 0 Å². The molecule has 1 aromatic heterocycles. The molecule has 0 bridgehead atoms. The van der Waals surface area contributed by atoms with Crippen molar-refractivity contribution < 1.29 is 4.79 Å². The number of aromatic nitrogens is 2. The predicted molar refractivity (Wildman–Crippen MR) is 73.2 cm³/mol. The standard InChI is InChI=1S/C12H19BrN4O/c1-9(6-17-7-10(13)5-14-17)15-11-3-4-12(18)16(2)8-11/h5,7,9,11,15H,3-4,6,8H2,1-2H3/t9-,11+/m0/s1. The summed E-state index contributed by atoms with van der Waals surface area (Å²) in [5.74, 6) is 0.247. The topological polar surface area (TPSA) is 50.2 Å². The fraction of sp³-hybridized carbons (Fsp3) is 0.667. The summed E-state index contributed by atoms with van der Waals surface area (Å²) < 4.78 is 2.91. The van der Waals surface area contributed by atoms with Gasteiger partial charge < -0.3 is 10.2 Å². The van der Waals surface area contributed by atoms with Crippen molar-refractivity contribution >= 4 is 21.8 Å². The third-order valence-corrected chi connectivity index (χ3v) is 3.62. The van der Waals surface area contributed by atoms with E-state index in [0.29, 0.717) is 18.5 Å². The Morgan fingerprint density at radius 1 is 1.67 bits per heavy atom. The van der Waals surface area contributed by atoms with Gasteiger partial charge in [-0.05, 0) is 29.3 Å². The minimum absolute atomic E-state index is 0.247. The molecule has 2 rings (SSSR count). The molecular formula is C12H19BrN4O. The van der Waals surface area contributed by atoms with Crippen molar-refractivity contribution in [2.75, 3.05) is 13.6 Å². The SMILES string of the molecule is C[C@@H](Cn1cc(Br)cn1)N[C@@H]1CCC(=O)N(C)C1.